The lowest BCUT2D eigenvalue weighted by molar-refractivity contribution is 0.133. The normalized spacial score (nSPS) is 19.5. The molecular formula is C26H31N5O. The molecule has 0 bridgehead atoms. The summed E-state index contributed by atoms with van der Waals surface area (Å²) in [7, 11) is 0. The Morgan fingerprint density at radius 2 is 1.62 bits per heavy atom. The van der Waals surface area contributed by atoms with Crippen LogP contribution >= 0.6 is 0 Å². The lowest BCUT2D eigenvalue weighted by Crippen LogP contribution is -2.50. The summed E-state index contributed by atoms with van der Waals surface area (Å²) in [5.74, 6) is 0. The first-order chi connectivity index (χ1) is 15.7. The third-order valence-electron chi connectivity index (χ3n) is 7.31. The molecule has 1 saturated carbocycles. The predicted octanol–water partition coefficient (Wildman–Crippen LogP) is 3.87. The van der Waals surface area contributed by atoms with E-state index in [-0.39, 0.29) is 6.03 Å². The van der Waals surface area contributed by atoms with Crippen LogP contribution < -0.4 is 10.2 Å². The van der Waals surface area contributed by atoms with Crippen LogP contribution in [-0.2, 0) is 12.8 Å². The third kappa shape index (κ3) is 4.44. The topological polar surface area (TPSA) is 62.6 Å². The Balaban J connectivity index is 1.15. The quantitative estimate of drug-likeness (QED) is 0.805. The van der Waals surface area contributed by atoms with Crippen LogP contribution in [0.15, 0.2) is 42.5 Å². The van der Waals surface area contributed by atoms with E-state index in [1.807, 2.05) is 29.2 Å². The summed E-state index contributed by atoms with van der Waals surface area (Å²) in [6, 6.07) is 17.0. The summed E-state index contributed by atoms with van der Waals surface area (Å²) in [6.45, 7) is 5.25. The molecule has 1 saturated heterocycles. The number of carbonyl (C=O) groups is 1. The van der Waals surface area contributed by atoms with E-state index < -0.39 is 0 Å². The van der Waals surface area contributed by atoms with Crippen molar-refractivity contribution in [3.05, 3.63) is 59.2 Å². The first-order valence-electron chi connectivity index (χ1n) is 11.9. The molecule has 5 rings (SSSR count). The highest BCUT2D eigenvalue weighted by Gasteiger charge is 2.26. The molecule has 1 aliphatic carbocycles. The Morgan fingerprint density at radius 3 is 2.28 bits per heavy atom. The van der Waals surface area contributed by atoms with Crippen LogP contribution in [0.2, 0.25) is 0 Å². The summed E-state index contributed by atoms with van der Waals surface area (Å²) in [6.07, 6.45) is 6.27. The van der Waals surface area contributed by atoms with Crippen molar-refractivity contribution < 1.29 is 4.79 Å². The zero-order chi connectivity index (χ0) is 21.9. The Bertz CT molecular complexity index is 1000. The van der Waals surface area contributed by atoms with Crippen molar-refractivity contribution in [3.63, 3.8) is 0 Å². The van der Waals surface area contributed by atoms with Crippen molar-refractivity contribution >= 4 is 17.4 Å². The van der Waals surface area contributed by atoms with E-state index in [2.05, 4.69) is 39.4 Å². The number of nitrogens with zero attached hydrogens (tertiary/aromatic N) is 4. The van der Waals surface area contributed by atoms with E-state index in [0.717, 1.165) is 56.4 Å². The zero-order valence-corrected chi connectivity index (χ0v) is 18.6. The van der Waals surface area contributed by atoms with E-state index in [1.165, 1.54) is 30.4 Å². The minimum atomic E-state index is -0.0193. The molecule has 0 aromatic heterocycles. The molecular weight excluding hydrogens is 398 g/mol. The number of carbonyl (C=O) groups excluding carboxylic acids is 1. The molecule has 0 radical (unpaired) electrons. The second-order valence-electron chi connectivity index (χ2n) is 9.17. The van der Waals surface area contributed by atoms with Crippen molar-refractivity contribution in [1.82, 2.24) is 9.80 Å². The average Bonchev–Trinajstić information content (AvgIpc) is 3.00. The van der Waals surface area contributed by atoms with E-state index in [0.29, 0.717) is 18.7 Å². The van der Waals surface area contributed by atoms with Gasteiger partial charge in [-0.3, -0.25) is 4.90 Å². The van der Waals surface area contributed by atoms with Crippen molar-refractivity contribution in [3.8, 4) is 6.07 Å². The molecule has 3 aliphatic rings. The Kier molecular flexibility index (Phi) is 6.00. The molecule has 2 amide bonds. The van der Waals surface area contributed by atoms with Gasteiger partial charge < -0.3 is 15.1 Å². The Morgan fingerprint density at radius 1 is 0.906 bits per heavy atom. The summed E-state index contributed by atoms with van der Waals surface area (Å²) in [5.41, 5.74) is 5.49. The number of benzene rings is 2. The second-order valence-corrected chi connectivity index (χ2v) is 9.17. The molecule has 6 nitrogen and oxygen atoms in total. The lowest BCUT2D eigenvalue weighted by atomic mass is 9.91. The summed E-state index contributed by atoms with van der Waals surface area (Å²) >= 11 is 0. The fraction of sp³-hybridized carbons (Fsp3) is 0.462. The number of nitrogens with one attached hydrogen (secondary N) is 1. The summed E-state index contributed by atoms with van der Waals surface area (Å²) < 4.78 is 0. The van der Waals surface area contributed by atoms with Gasteiger partial charge in [-0.2, -0.15) is 5.26 Å². The maximum Gasteiger partial charge on any atom is 0.321 e. The molecule has 0 spiro atoms. The van der Waals surface area contributed by atoms with E-state index >= 15 is 0 Å². The van der Waals surface area contributed by atoms with Gasteiger partial charge in [-0.05, 0) is 73.2 Å². The molecule has 2 heterocycles. The molecule has 6 heteroatoms. The molecule has 2 aromatic carbocycles. The first-order valence-corrected chi connectivity index (χ1v) is 11.9. The number of hydrogen-bond donors (Lipinski definition) is 1. The lowest BCUT2D eigenvalue weighted by Gasteiger charge is -2.36. The largest absolute Gasteiger partial charge is 0.368 e. The average molecular weight is 430 g/mol. The standard InChI is InChI=1S/C26H31N5O/c27-19-20-4-8-25(9-5-20)30-14-16-31(17-15-30)26(32)28-23-7-6-21-10-12-29(24-2-1-3-24)13-11-22(21)18-23/h4-9,18,24H,1-3,10-17H2,(H,28,32). The first kappa shape index (κ1) is 20.8. The van der Waals surface area contributed by atoms with Crippen molar-refractivity contribution in [2.75, 3.05) is 49.5 Å². The Hall–Kier alpha value is -3.04. The van der Waals surface area contributed by atoms with Gasteiger partial charge in [-0.15, -0.1) is 0 Å². The van der Waals surface area contributed by atoms with Crippen LogP contribution in [0, 0.1) is 11.3 Å². The fourth-order valence-electron chi connectivity index (χ4n) is 5.05. The highest BCUT2D eigenvalue weighted by atomic mass is 16.2. The molecule has 0 atom stereocenters. The smallest absolute Gasteiger partial charge is 0.321 e. The molecule has 166 valence electrons. The second kappa shape index (κ2) is 9.22. The van der Waals surface area contributed by atoms with E-state index in [1.54, 1.807) is 0 Å². The molecule has 32 heavy (non-hydrogen) atoms. The number of amides is 2. The number of nitriles is 1. The maximum absolute atomic E-state index is 12.9. The SMILES string of the molecule is N#Cc1ccc(N2CCN(C(=O)Nc3ccc4c(c3)CCN(C3CCC3)CC4)CC2)cc1. The predicted molar refractivity (Wildman–Crippen MR) is 127 cm³/mol. The van der Waals surface area contributed by atoms with Crippen LogP contribution in [0.5, 0.6) is 0 Å². The molecule has 2 fully saturated rings. The highest BCUT2D eigenvalue weighted by Crippen LogP contribution is 2.28. The highest BCUT2D eigenvalue weighted by molar-refractivity contribution is 5.89. The van der Waals surface area contributed by atoms with Crippen LogP contribution in [0.25, 0.3) is 0 Å². The number of hydrogen-bond acceptors (Lipinski definition) is 4. The Labute approximate surface area is 190 Å². The summed E-state index contributed by atoms with van der Waals surface area (Å²) in [4.78, 5) is 19.7. The van der Waals surface area contributed by atoms with Crippen molar-refractivity contribution in [1.29, 1.82) is 5.26 Å². The van der Waals surface area contributed by atoms with Crippen LogP contribution in [0.4, 0.5) is 16.2 Å². The minimum Gasteiger partial charge on any atom is -0.368 e. The number of anilines is 2. The van der Waals surface area contributed by atoms with Gasteiger partial charge in [0.1, 0.15) is 0 Å². The van der Waals surface area contributed by atoms with Crippen LogP contribution in [-0.4, -0.2) is 61.1 Å². The minimum absolute atomic E-state index is 0.0193. The summed E-state index contributed by atoms with van der Waals surface area (Å²) in [5, 5.41) is 12.1. The fourth-order valence-corrected chi connectivity index (χ4v) is 5.05. The van der Waals surface area contributed by atoms with Crippen molar-refractivity contribution in [2.24, 2.45) is 0 Å². The van der Waals surface area contributed by atoms with Gasteiger partial charge in [0.25, 0.3) is 0 Å². The van der Waals surface area contributed by atoms with Gasteiger partial charge in [-0.1, -0.05) is 12.5 Å². The molecule has 0 unspecified atom stereocenters. The number of rotatable bonds is 3. The van der Waals surface area contributed by atoms with Crippen LogP contribution in [0.1, 0.15) is 36.0 Å². The number of urea groups is 1. The van der Waals surface area contributed by atoms with E-state index in [9.17, 15) is 4.79 Å². The molecule has 2 aromatic rings. The zero-order valence-electron chi connectivity index (χ0n) is 18.6. The molecule has 1 N–H and O–H groups in total. The number of fused-ring (bicyclic) bond motifs is 1. The molecule has 2 aliphatic heterocycles. The van der Waals surface area contributed by atoms with Gasteiger partial charge >= 0.3 is 6.03 Å². The third-order valence-corrected chi connectivity index (χ3v) is 7.31. The number of piperazine rings is 1. The van der Waals surface area contributed by atoms with Gasteiger partial charge in [0.15, 0.2) is 0 Å². The van der Waals surface area contributed by atoms with Gasteiger partial charge in [0.2, 0.25) is 0 Å². The van der Waals surface area contributed by atoms with Gasteiger partial charge in [0.05, 0.1) is 11.6 Å². The van der Waals surface area contributed by atoms with Gasteiger partial charge in [0, 0.05) is 56.7 Å². The van der Waals surface area contributed by atoms with E-state index in [4.69, 9.17) is 5.26 Å². The van der Waals surface area contributed by atoms with Crippen LogP contribution in [0.3, 0.4) is 0 Å². The van der Waals surface area contributed by atoms with Gasteiger partial charge in [-0.25, -0.2) is 4.79 Å². The maximum atomic E-state index is 12.9. The van der Waals surface area contributed by atoms with Crippen molar-refractivity contribution in [2.45, 2.75) is 38.1 Å². The monoisotopic (exact) mass is 429 g/mol.